The van der Waals surface area contributed by atoms with Gasteiger partial charge in [0, 0.05) is 31.3 Å². The van der Waals surface area contributed by atoms with E-state index < -0.39 is 0 Å². The van der Waals surface area contributed by atoms with Gasteiger partial charge < -0.3 is 15.4 Å². The van der Waals surface area contributed by atoms with E-state index in [1.165, 1.54) is 26.4 Å². The molecular weight excluding hydrogens is 286 g/mol. The predicted octanol–water partition coefficient (Wildman–Crippen LogP) is 2.17. The number of unbranched alkanes of at least 4 members (excludes halogenated alkanes) is 2. The average Bonchev–Trinajstić information content (AvgIpc) is 2.96. The summed E-state index contributed by atoms with van der Waals surface area (Å²) in [5.74, 6) is 0.778. The average molecular weight is 315 g/mol. The van der Waals surface area contributed by atoms with Crippen LogP contribution >= 0.6 is 11.8 Å². The van der Waals surface area contributed by atoms with Crippen molar-refractivity contribution in [3.63, 3.8) is 0 Å². The SMILES string of the molecule is CN=C(NCCCCCC(=O)OC)NC1CCC(SC)C1. The van der Waals surface area contributed by atoms with Crippen LogP contribution in [0.25, 0.3) is 0 Å². The Balaban J connectivity index is 2.08. The second kappa shape index (κ2) is 10.8. The first-order chi connectivity index (χ1) is 10.2. The molecule has 2 atom stereocenters. The lowest BCUT2D eigenvalue weighted by Gasteiger charge is -2.17. The van der Waals surface area contributed by atoms with Crippen LogP contribution in [0, 0.1) is 0 Å². The normalized spacial score (nSPS) is 22.1. The molecule has 2 N–H and O–H groups in total. The lowest BCUT2D eigenvalue weighted by atomic mass is 10.2. The molecular formula is C15H29N3O2S. The van der Waals surface area contributed by atoms with E-state index in [2.05, 4.69) is 26.6 Å². The first-order valence-electron chi connectivity index (χ1n) is 7.76. The predicted molar refractivity (Wildman–Crippen MR) is 89.9 cm³/mol. The van der Waals surface area contributed by atoms with E-state index in [0.717, 1.165) is 37.0 Å². The number of ether oxygens (including phenoxy) is 1. The van der Waals surface area contributed by atoms with Crippen molar-refractivity contribution >= 4 is 23.7 Å². The number of nitrogens with zero attached hydrogens (tertiary/aromatic N) is 1. The van der Waals surface area contributed by atoms with Gasteiger partial charge in [-0.2, -0.15) is 11.8 Å². The molecule has 1 aliphatic carbocycles. The summed E-state index contributed by atoms with van der Waals surface area (Å²) in [4.78, 5) is 15.3. The number of carbonyl (C=O) groups excluding carboxylic acids is 1. The molecule has 0 spiro atoms. The van der Waals surface area contributed by atoms with Gasteiger partial charge in [-0.3, -0.25) is 9.79 Å². The smallest absolute Gasteiger partial charge is 0.305 e. The summed E-state index contributed by atoms with van der Waals surface area (Å²) >= 11 is 1.96. The number of hydrogen-bond acceptors (Lipinski definition) is 4. The Morgan fingerprint density at radius 1 is 1.33 bits per heavy atom. The Kier molecular flexibility index (Phi) is 9.30. The molecule has 0 amide bonds. The summed E-state index contributed by atoms with van der Waals surface area (Å²) in [5.41, 5.74) is 0. The molecule has 0 aromatic carbocycles. The Morgan fingerprint density at radius 3 is 2.76 bits per heavy atom. The minimum Gasteiger partial charge on any atom is -0.469 e. The number of aliphatic imine (C=N–C) groups is 1. The number of nitrogens with one attached hydrogen (secondary N) is 2. The molecule has 1 aliphatic rings. The highest BCUT2D eigenvalue weighted by atomic mass is 32.2. The van der Waals surface area contributed by atoms with Gasteiger partial charge in [0.1, 0.15) is 0 Å². The summed E-state index contributed by atoms with van der Waals surface area (Å²) in [7, 11) is 3.25. The third kappa shape index (κ3) is 7.60. The minimum absolute atomic E-state index is 0.120. The van der Waals surface area contributed by atoms with E-state index in [9.17, 15) is 4.79 Å². The van der Waals surface area contributed by atoms with Gasteiger partial charge in [0.2, 0.25) is 0 Å². The van der Waals surface area contributed by atoms with E-state index in [-0.39, 0.29) is 5.97 Å². The topological polar surface area (TPSA) is 62.7 Å². The summed E-state index contributed by atoms with van der Waals surface area (Å²) in [5, 5.41) is 7.64. The minimum atomic E-state index is -0.120. The Hall–Kier alpha value is -0.910. The van der Waals surface area contributed by atoms with Crippen molar-refractivity contribution in [1.82, 2.24) is 10.6 Å². The number of guanidine groups is 1. The number of methoxy groups -OCH3 is 1. The fraction of sp³-hybridized carbons (Fsp3) is 0.867. The van der Waals surface area contributed by atoms with Crippen molar-refractivity contribution < 1.29 is 9.53 Å². The summed E-state index contributed by atoms with van der Waals surface area (Å²) in [6.07, 6.45) is 9.40. The standard InChI is InChI=1S/C15H29N3O2S/c1-16-15(18-12-8-9-13(11-12)21-3)17-10-6-4-5-7-14(19)20-2/h12-13H,4-11H2,1-3H3,(H2,16,17,18). The van der Waals surface area contributed by atoms with Gasteiger partial charge >= 0.3 is 5.97 Å². The molecule has 5 nitrogen and oxygen atoms in total. The molecule has 21 heavy (non-hydrogen) atoms. The van der Waals surface area contributed by atoms with Crippen LogP contribution in [0.2, 0.25) is 0 Å². The third-order valence-electron chi connectivity index (χ3n) is 3.86. The Bertz CT molecular complexity index is 337. The second-order valence-electron chi connectivity index (χ2n) is 5.40. The van der Waals surface area contributed by atoms with Crippen molar-refractivity contribution in [2.24, 2.45) is 4.99 Å². The van der Waals surface area contributed by atoms with E-state index >= 15 is 0 Å². The van der Waals surface area contributed by atoms with E-state index in [1.807, 2.05) is 18.8 Å². The molecule has 0 aromatic rings. The van der Waals surface area contributed by atoms with Crippen LogP contribution in [0.4, 0.5) is 0 Å². The molecule has 6 heteroatoms. The first kappa shape index (κ1) is 18.1. The number of rotatable bonds is 8. The van der Waals surface area contributed by atoms with Gasteiger partial charge in [0.15, 0.2) is 5.96 Å². The van der Waals surface area contributed by atoms with Crippen LogP contribution in [0.15, 0.2) is 4.99 Å². The van der Waals surface area contributed by atoms with Crippen LogP contribution in [0.5, 0.6) is 0 Å². The second-order valence-corrected chi connectivity index (χ2v) is 6.54. The maximum absolute atomic E-state index is 11.0. The van der Waals surface area contributed by atoms with Crippen molar-refractivity contribution in [3.8, 4) is 0 Å². The van der Waals surface area contributed by atoms with Crippen LogP contribution in [0.3, 0.4) is 0 Å². The maximum Gasteiger partial charge on any atom is 0.305 e. The number of carbonyl (C=O) groups is 1. The van der Waals surface area contributed by atoms with Crippen LogP contribution < -0.4 is 10.6 Å². The van der Waals surface area contributed by atoms with Crippen molar-refractivity contribution in [2.45, 2.75) is 56.2 Å². The van der Waals surface area contributed by atoms with Gasteiger partial charge in [-0.05, 0) is 38.4 Å². The van der Waals surface area contributed by atoms with E-state index in [4.69, 9.17) is 0 Å². The molecule has 0 radical (unpaired) electrons. The molecule has 1 rings (SSSR count). The number of esters is 1. The third-order valence-corrected chi connectivity index (χ3v) is 4.95. The molecule has 0 heterocycles. The Morgan fingerprint density at radius 2 is 2.14 bits per heavy atom. The zero-order valence-electron chi connectivity index (χ0n) is 13.5. The zero-order valence-corrected chi connectivity index (χ0v) is 14.3. The van der Waals surface area contributed by atoms with Crippen LogP contribution in [-0.4, -0.2) is 50.2 Å². The van der Waals surface area contributed by atoms with Crippen molar-refractivity contribution in [3.05, 3.63) is 0 Å². The summed E-state index contributed by atoms with van der Waals surface area (Å²) in [6.45, 7) is 0.888. The van der Waals surface area contributed by atoms with Gasteiger partial charge in [0.25, 0.3) is 0 Å². The fourth-order valence-electron chi connectivity index (χ4n) is 2.55. The van der Waals surface area contributed by atoms with Crippen molar-refractivity contribution in [1.29, 1.82) is 0 Å². The highest BCUT2D eigenvalue weighted by Crippen LogP contribution is 2.27. The molecule has 1 fully saturated rings. The molecule has 0 saturated heterocycles. The van der Waals surface area contributed by atoms with Gasteiger partial charge in [0.05, 0.1) is 7.11 Å². The monoisotopic (exact) mass is 315 g/mol. The molecule has 2 unspecified atom stereocenters. The van der Waals surface area contributed by atoms with Crippen molar-refractivity contribution in [2.75, 3.05) is 27.0 Å². The van der Waals surface area contributed by atoms with Crippen LogP contribution in [-0.2, 0) is 9.53 Å². The highest BCUT2D eigenvalue weighted by Gasteiger charge is 2.24. The van der Waals surface area contributed by atoms with E-state index in [1.54, 1.807) is 0 Å². The molecule has 0 aliphatic heterocycles. The zero-order chi connectivity index (χ0) is 15.5. The summed E-state index contributed by atoms with van der Waals surface area (Å²) in [6, 6.07) is 0.549. The van der Waals surface area contributed by atoms with Gasteiger partial charge in [-0.1, -0.05) is 6.42 Å². The molecule has 122 valence electrons. The van der Waals surface area contributed by atoms with Gasteiger partial charge in [-0.25, -0.2) is 0 Å². The molecule has 1 saturated carbocycles. The largest absolute Gasteiger partial charge is 0.469 e. The Labute approximate surface area is 132 Å². The number of thioether (sulfide) groups is 1. The number of hydrogen-bond donors (Lipinski definition) is 2. The summed E-state index contributed by atoms with van der Waals surface area (Å²) < 4.78 is 4.62. The first-order valence-corrected chi connectivity index (χ1v) is 9.05. The molecule has 0 aromatic heterocycles. The lowest BCUT2D eigenvalue weighted by molar-refractivity contribution is -0.140. The fourth-order valence-corrected chi connectivity index (χ4v) is 3.35. The quantitative estimate of drug-likeness (QED) is 0.311. The van der Waals surface area contributed by atoms with Crippen LogP contribution in [0.1, 0.15) is 44.9 Å². The lowest BCUT2D eigenvalue weighted by Crippen LogP contribution is -2.42. The maximum atomic E-state index is 11.0. The van der Waals surface area contributed by atoms with E-state index in [0.29, 0.717) is 12.5 Å². The molecule has 0 bridgehead atoms. The highest BCUT2D eigenvalue weighted by molar-refractivity contribution is 7.99. The van der Waals surface area contributed by atoms with Gasteiger partial charge in [-0.15, -0.1) is 0 Å².